The van der Waals surface area contributed by atoms with Crippen LogP contribution in [0.2, 0.25) is 0 Å². The number of nitrogens with one attached hydrogen (secondary N) is 1. The highest BCUT2D eigenvalue weighted by Gasteiger charge is 2.38. The zero-order valence-electron chi connectivity index (χ0n) is 9.85. The van der Waals surface area contributed by atoms with E-state index >= 15 is 0 Å². The Morgan fingerprint density at radius 3 is 2.82 bits per heavy atom. The van der Waals surface area contributed by atoms with Crippen LogP contribution >= 0.6 is 0 Å². The average Bonchev–Trinajstić information content (AvgIpc) is 3.11. The number of nitrogens with zero attached hydrogens (tertiary/aromatic N) is 1. The normalized spacial score (nSPS) is 33.6. The van der Waals surface area contributed by atoms with E-state index in [2.05, 4.69) is 5.32 Å². The zero-order chi connectivity index (χ0) is 11.8. The van der Waals surface area contributed by atoms with Crippen LogP contribution in [0.4, 0.5) is 0 Å². The van der Waals surface area contributed by atoms with Gasteiger partial charge in [-0.05, 0) is 25.2 Å². The van der Waals surface area contributed by atoms with Crippen LogP contribution in [-0.2, 0) is 14.3 Å². The van der Waals surface area contributed by atoms with Crippen LogP contribution < -0.4 is 5.32 Å². The summed E-state index contributed by atoms with van der Waals surface area (Å²) in [5.41, 5.74) is 0. The van der Waals surface area contributed by atoms with E-state index in [-0.39, 0.29) is 24.0 Å². The first kappa shape index (κ1) is 11.0. The van der Waals surface area contributed by atoms with Crippen LogP contribution in [-0.4, -0.2) is 48.6 Å². The minimum atomic E-state index is -0.291. The number of carbonyl (C=O) groups is 2. The van der Waals surface area contributed by atoms with Gasteiger partial charge < -0.3 is 15.0 Å². The van der Waals surface area contributed by atoms with Crippen molar-refractivity contribution in [1.29, 1.82) is 0 Å². The van der Waals surface area contributed by atoms with Gasteiger partial charge in [-0.2, -0.15) is 0 Å². The molecule has 94 valence electrons. The third-order valence-electron chi connectivity index (χ3n) is 3.85. The molecule has 2 heterocycles. The topological polar surface area (TPSA) is 58.6 Å². The van der Waals surface area contributed by atoms with Crippen molar-refractivity contribution >= 4 is 11.8 Å². The molecule has 0 unspecified atom stereocenters. The number of hydrogen-bond donors (Lipinski definition) is 1. The average molecular weight is 238 g/mol. The van der Waals surface area contributed by atoms with Crippen molar-refractivity contribution in [1.82, 2.24) is 10.2 Å². The molecule has 2 saturated heterocycles. The first-order valence-electron chi connectivity index (χ1n) is 6.44. The van der Waals surface area contributed by atoms with Crippen molar-refractivity contribution < 1.29 is 14.3 Å². The van der Waals surface area contributed by atoms with Crippen molar-refractivity contribution in [2.75, 3.05) is 19.7 Å². The molecule has 17 heavy (non-hydrogen) atoms. The summed E-state index contributed by atoms with van der Waals surface area (Å²) in [4.78, 5) is 25.2. The molecule has 0 radical (unpaired) electrons. The monoisotopic (exact) mass is 238 g/mol. The molecule has 5 heteroatoms. The van der Waals surface area contributed by atoms with E-state index in [0.29, 0.717) is 38.5 Å². The highest BCUT2D eigenvalue weighted by molar-refractivity contribution is 5.90. The molecule has 0 aromatic heterocycles. The maximum atomic E-state index is 12.2. The van der Waals surface area contributed by atoms with E-state index in [1.54, 1.807) is 0 Å². The van der Waals surface area contributed by atoms with Gasteiger partial charge in [0.15, 0.2) is 0 Å². The van der Waals surface area contributed by atoms with E-state index in [0.717, 1.165) is 0 Å². The summed E-state index contributed by atoms with van der Waals surface area (Å²) in [7, 11) is 0. The molecule has 0 aromatic carbocycles. The number of ether oxygens (including phenoxy) is 1. The molecule has 2 atom stereocenters. The predicted molar refractivity (Wildman–Crippen MR) is 60.2 cm³/mol. The Labute approximate surface area is 100 Å². The summed E-state index contributed by atoms with van der Waals surface area (Å²) in [5, 5.41) is 2.74. The Morgan fingerprint density at radius 2 is 2.18 bits per heavy atom. The van der Waals surface area contributed by atoms with Crippen molar-refractivity contribution in [2.24, 2.45) is 5.92 Å². The van der Waals surface area contributed by atoms with Gasteiger partial charge in [-0.25, -0.2) is 0 Å². The summed E-state index contributed by atoms with van der Waals surface area (Å²) >= 11 is 0. The van der Waals surface area contributed by atoms with Crippen molar-refractivity contribution in [3.63, 3.8) is 0 Å². The number of rotatable bonds is 2. The first-order valence-corrected chi connectivity index (χ1v) is 6.44. The quantitative estimate of drug-likeness (QED) is 0.731. The number of carbonyl (C=O) groups excluding carboxylic acids is 2. The molecule has 1 N–H and O–H groups in total. The van der Waals surface area contributed by atoms with Gasteiger partial charge in [-0.3, -0.25) is 9.59 Å². The fourth-order valence-electron chi connectivity index (χ4n) is 2.65. The molecule has 1 saturated carbocycles. The molecular weight excluding hydrogens is 220 g/mol. The summed E-state index contributed by atoms with van der Waals surface area (Å²) < 4.78 is 5.68. The van der Waals surface area contributed by atoms with Gasteiger partial charge in [-0.1, -0.05) is 0 Å². The van der Waals surface area contributed by atoms with Crippen molar-refractivity contribution in [3.8, 4) is 0 Å². The van der Waals surface area contributed by atoms with Gasteiger partial charge in [0.25, 0.3) is 0 Å². The molecule has 5 nitrogen and oxygen atoms in total. The lowest BCUT2D eigenvalue weighted by atomic mass is 10.1. The fraction of sp³-hybridized carbons (Fsp3) is 0.833. The van der Waals surface area contributed by atoms with Crippen LogP contribution in [0.25, 0.3) is 0 Å². The van der Waals surface area contributed by atoms with Crippen LogP contribution in [0.15, 0.2) is 0 Å². The molecule has 3 rings (SSSR count). The standard InChI is InChI=1S/C12H18N2O3/c15-11-4-3-9(13-11)12(16)14-5-6-17-10(7-14)8-1-2-8/h8-10H,1-7H2,(H,13,15)/t9-,10-/m1/s1. The molecule has 0 bridgehead atoms. The maximum Gasteiger partial charge on any atom is 0.245 e. The summed E-state index contributed by atoms with van der Waals surface area (Å²) in [6.45, 7) is 2.00. The van der Waals surface area contributed by atoms with E-state index < -0.39 is 0 Å². The lowest BCUT2D eigenvalue weighted by Gasteiger charge is -2.34. The Hall–Kier alpha value is -1.10. The van der Waals surface area contributed by atoms with Crippen molar-refractivity contribution in [2.45, 2.75) is 37.8 Å². The molecule has 3 aliphatic rings. The van der Waals surface area contributed by atoms with Crippen LogP contribution in [0, 0.1) is 5.92 Å². The van der Waals surface area contributed by atoms with Gasteiger partial charge in [0, 0.05) is 19.5 Å². The van der Waals surface area contributed by atoms with Gasteiger partial charge in [0.05, 0.1) is 12.7 Å². The molecule has 0 aromatic rings. The lowest BCUT2D eigenvalue weighted by molar-refractivity contribution is -0.142. The minimum absolute atomic E-state index is 0.00430. The van der Waals surface area contributed by atoms with Gasteiger partial charge in [0.2, 0.25) is 11.8 Å². The van der Waals surface area contributed by atoms with Crippen molar-refractivity contribution in [3.05, 3.63) is 0 Å². The van der Waals surface area contributed by atoms with Crippen LogP contribution in [0.3, 0.4) is 0 Å². The first-order chi connectivity index (χ1) is 8.24. The van der Waals surface area contributed by atoms with E-state index in [9.17, 15) is 9.59 Å². The highest BCUT2D eigenvalue weighted by atomic mass is 16.5. The minimum Gasteiger partial charge on any atom is -0.374 e. The summed E-state index contributed by atoms with van der Waals surface area (Å²) in [6.07, 6.45) is 3.81. The number of amides is 2. The molecule has 2 amide bonds. The predicted octanol–water partition coefficient (Wildman–Crippen LogP) is -0.0976. The smallest absolute Gasteiger partial charge is 0.245 e. The second kappa shape index (κ2) is 4.29. The summed E-state index contributed by atoms with van der Waals surface area (Å²) in [5.74, 6) is 0.726. The van der Waals surface area contributed by atoms with E-state index in [4.69, 9.17) is 4.74 Å². The number of morpholine rings is 1. The Morgan fingerprint density at radius 1 is 1.35 bits per heavy atom. The third kappa shape index (κ3) is 2.29. The molecular formula is C12H18N2O3. The lowest BCUT2D eigenvalue weighted by Crippen LogP contribution is -2.52. The van der Waals surface area contributed by atoms with Gasteiger partial charge >= 0.3 is 0 Å². The molecule has 2 aliphatic heterocycles. The van der Waals surface area contributed by atoms with E-state index in [1.165, 1.54) is 12.8 Å². The number of hydrogen-bond acceptors (Lipinski definition) is 3. The Kier molecular flexibility index (Phi) is 2.78. The summed E-state index contributed by atoms with van der Waals surface area (Å²) in [6, 6.07) is -0.291. The highest BCUT2D eigenvalue weighted by Crippen LogP contribution is 2.35. The SMILES string of the molecule is O=C1CC[C@H](C(=O)N2CCO[C@@H](C3CC3)C2)N1. The van der Waals surface area contributed by atoms with Crippen LogP contribution in [0.1, 0.15) is 25.7 Å². The maximum absolute atomic E-state index is 12.2. The second-order valence-electron chi connectivity index (χ2n) is 5.19. The van der Waals surface area contributed by atoms with E-state index in [1.807, 2.05) is 4.90 Å². The fourth-order valence-corrected chi connectivity index (χ4v) is 2.65. The van der Waals surface area contributed by atoms with Gasteiger partial charge in [0.1, 0.15) is 6.04 Å². The zero-order valence-corrected chi connectivity index (χ0v) is 9.85. The van der Waals surface area contributed by atoms with Crippen LogP contribution in [0.5, 0.6) is 0 Å². The molecule has 0 spiro atoms. The second-order valence-corrected chi connectivity index (χ2v) is 5.19. The largest absolute Gasteiger partial charge is 0.374 e. The Balaban J connectivity index is 1.59. The molecule has 3 fully saturated rings. The third-order valence-corrected chi connectivity index (χ3v) is 3.85. The Bertz CT molecular complexity index is 341. The molecule has 1 aliphatic carbocycles. The van der Waals surface area contributed by atoms with Gasteiger partial charge in [-0.15, -0.1) is 0 Å².